The number of fused-ring (bicyclic) bond motifs is 1. The van der Waals surface area contributed by atoms with E-state index in [1.54, 1.807) is 0 Å². The Morgan fingerprint density at radius 2 is 2.15 bits per heavy atom. The Kier molecular flexibility index (Phi) is 4.16. The Morgan fingerprint density at radius 1 is 1.25 bits per heavy atom. The molecule has 1 aromatic carbocycles. The molecule has 3 heteroatoms. The third-order valence-electron chi connectivity index (χ3n) is 3.93. The van der Waals surface area contributed by atoms with Crippen molar-refractivity contribution in [3.8, 4) is 11.3 Å². The summed E-state index contributed by atoms with van der Waals surface area (Å²) in [6.07, 6.45) is 7.54. The van der Waals surface area contributed by atoms with Crippen molar-refractivity contribution in [2.45, 2.75) is 39.0 Å². The summed E-state index contributed by atoms with van der Waals surface area (Å²) >= 11 is 0. The molecular formula is C17H22N2O. The highest BCUT2D eigenvalue weighted by atomic mass is 16.4. The van der Waals surface area contributed by atoms with E-state index < -0.39 is 0 Å². The first kappa shape index (κ1) is 13.4. The van der Waals surface area contributed by atoms with Crippen LogP contribution < -0.4 is 5.32 Å². The van der Waals surface area contributed by atoms with Crippen molar-refractivity contribution >= 4 is 0 Å². The van der Waals surface area contributed by atoms with Crippen molar-refractivity contribution in [3.05, 3.63) is 41.4 Å². The van der Waals surface area contributed by atoms with Gasteiger partial charge < -0.3 is 9.73 Å². The number of aromatic nitrogens is 1. The average Bonchev–Trinajstić information content (AvgIpc) is 3.11. The van der Waals surface area contributed by atoms with E-state index in [0.29, 0.717) is 0 Å². The fourth-order valence-corrected chi connectivity index (χ4v) is 2.83. The second-order valence-electron chi connectivity index (χ2n) is 5.41. The first-order valence-electron chi connectivity index (χ1n) is 7.64. The second kappa shape index (κ2) is 6.23. The van der Waals surface area contributed by atoms with Gasteiger partial charge >= 0.3 is 0 Å². The Bertz CT molecular complexity index is 574. The van der Waals surface area contributed by atoms with E-state index in [-0.39, 0.29) is 0 Å². The van der Waals surface area contributed by atoms with Crippen LogP contribution in [0.15, 0.2) is 28.8 Å². The molecule has 0 amide bonds. The largest absolute Gasteiger partial charge is 0.441 e. The van der Waals surface area contributed by atoms with Gasteiger partial charge in [0, 0.05) is 12.0 Å². The van der Waals surface area contributed by atoms with Crippen molar-refractivity contribution in [2.24, 2.45) is 0 Å². The van der Waals surface area contributed by atoms with E-state index in [9.17, 15) is 0 Å². The van der Waals surface area contributed by atoms with Gasteiger partial charge in [0.1, 0.15) is 0 Å². The summed E-state index contributed by atoms with van der Waals surface area (Å²) in [6, 6.07) is 6.67. The molecule has 0 saturated heterocycles. The van der Waals surface area contributed by atoms with Crippen LogP contribution in [0.1, 0.15) is 36.8 Å². The zero-order valence-electron chi connectivity index (χ0n) is 12.1. The van der Waals surface area contributed by atoms with Gasteiger partial charge in [0.15, 0.2) is 11.7 Å². The molecule has 0 fully saturated rings. The smallest absolute Gasteiger partial charge is 0.194 e. The third-order valence-corrected chi connectivity index (χ3v) is 3.93. The Hall–Kier alpha value is -1.61. The summed E-state index contributed by atoms with van der Waals surface area (Å²) in [5, 5.41) is 3.32. The number of rotatable bonds is 6. The van der Waals surface area contributed by atoms with Gasteiger partial charge in [0.25, 0.3) is 0 Å². The quantitative estimate of drug-likeness (QED) is 0.818. The zero-order valence-corrected chi connectivity index (χ0v) is 12.1. The van der Waals surface area contributed by atoms with Crippen LogP contribution in [0.25, 0.3) is 11.3 Å². The highest BCUT2D eigenvalue weighted by Crippen LogP contribution is 2.28. The van der Waals surface area contributed by atoms with Crippen LogP contribution >= 0.6 is 0 Å². The number of hydrogen-bond donors (Lipinski definition) is 1. The first-order valence-corrected chi connectivity index (χ1v) is 7.64. The Labute approximate surface area is 120 Å². The van der Waals surface area contributed by atoms with Crippen LogP contribution in [-0.2, 0) is 19.3 Å². The van der Waals surface area contributed by atoms with Crippen LogP contribution in [0.4, 0.5) is 0 Å². The van der Waals surface area contributed by atoms with Crippen LogP contribution in [0.3, 0.4) is 0 Å². The van der Waals surface area contributed by atoms with Gasteiger partial charge in [-0.15, -0.1) is 0 Å². The maximum absolute atomic E-state index is 5.87. The molecule has 1 aliphatic rings. The highest BCUT2D eigenvalue weighted by molar-refractivity contribution is 5.59. The van der Waals surface area contributed by atoms with E-state index >= 15 is 0 Å². The topological polar surface area (TPSA) is 38.1 Å². The molecule has 0 aliphatic heterocycles. The van der Waals surface area contributed by atoms with E-state index in [1.807, 2.05) is 6.20 Å². The van der Waals surface area contributed by atoms with Gasteiger partial charge in [-0.1, -0.05) is 19.1 Å². The van der Waals surface area contributed by atoms with E-state index in [4.69, 9.17) is 4.42 Å². The summed E-state index contributed by atoms with van der Waals surface area (Å²) < 4.78 is 5.87. The summed E-state index contributed by atoms with van der Waals surface area (Å²) in [6.45, 7) is 4.16. The average molecular weight is 270 g/mol. The molecule has 2 aromatic rings. The first-order chi connectivity index (χ1) is 9.86. The molecule has 1 N–H and O–H groups in total. The lowest BCUT2D eigenvalue weighted by molar-refractivity contribution is 0.493. The SMILES string of the molecule is CCNCCCc1ncc(-c2ccc3c(c2)CCC3)o1. The molecule has 0 bridgehead atoms. The minimum atomic E-state index is 0.846. The number of nitrogens with zero attached hydrogens (tertiary/aromatic N) is 1. The molecule has 0 saturated carbocycles. The molecular weight excluding hydrogens is 248 g/mol. The molecule has 1 aromatic heterocycles. The van der Waals surface area contributed by atoms with Crippen molar-refractivity contribution < 1.29 is 4.42 Å². The van der Waals surface area contributed by atoms with E-state index in [2.05, 4.69) is 35.4 Å². The molecule has 1 heterocycles. The molecule has 0 radical (unpaired) electrons. The molecule has 0 atom stereocenters. The summed E-state index contributed by atoms with van der Waals surface area (Å²) in [4.78, 5) is 4.39. The number of nitrogens with one attached hydrogen (secondary N) is 1. The number of aryl methyl sites for hydroxylation is 3. The number of hydrogen-bond acceptors (Lipinski definition) is 3. The van der Waals surface area contributed by atoms with Crippen molar-refractivity contribution in [1.82, 2.24) is 10.3 Å². The highest BCUT2D eigenvalue weighted by Gasteiger charge is 2.13. The number of oxazole rings is 1. The van der Waals surface area contributed by atoms with Crippen molar-refractivity contribution in [2.75, 3.05) is 13.1 Å². The molecule has 0 unspecified atom stereocenters. The van der Waals surface area contributed by atoms with Gasteiger partial charge in [-0.3, -0.25) is 0 Å². The van der Waals surface area contributed by atoms with Crippen LogP contribution in [-0.4, -0.2) is 18.1 Å². The van der Waals surface area contributed by atoms with Crippen LogP contribution in [0.5, 0.6) is 0 Å². The summed E-state index contributed by atoms with van der Waals surface area (Å²) in [5.41, 5.74) is 4.14. The monoisotopic (exact) mass is 270 g/mol. The van der Waals surface area contributed by atoms with Gasteiger partial charge in [-0.05, 0) is 56.0 Å². The van der Waals surface area contributed by atoms with E-state index in [1.165, 1.54) is 30.4 Å². The van der Waals surface area contributed by atoms with Crippen molar-refractivity contribution in [1.29, 1.82) is 0 Å². The predicted molar refractivity (Wildman–Crippen MR) is 80.8 cm³/mol. The predicted octanol–water partition coefficient (Wildman–Crippen LogP) is 3.37. The van der Waals surface area contributed by atoms with Crippen LogP contribution in [0, 0.1) is 0 Å². The molecule has 20 heavy (non-hydrogen) atoms. The lowest BCUT2D eigenvalue weighted by atomic mass is 10.1. The Morgan fingerprint density at radius 3 is 3.05 bits per heavy atom. The van der Waals surface area contributed by atoms with E-state index in [0.717, 1.165) is 43.1 Å². The summed E-state index contributed by atoms with van der Waals surface area (Å²) in [7, 11) is 0. The fourth-order valence-electron chi connectivity index (χ4n) is 2.83. The molecule has 1 aliphatic carbocycles. The molecule has 106 valence electrons. The fraction of sp³-hybridized carbons (Fsp3) is 0.471. The number of benzene rings is 1. The molecule has 0 spiro atoms. The van der Waals surface area contributed by atoms with Crippen molar-refractivity contribution in [3.63, 3.8) is 0 Å². The lowest BCUT2D eigenvalue weighted by Crippen LogP contribution is -2.14. The van der Waals surface area contributed by atoms with Gasteiger partial charge in [-0.25, -0.2) is 4.98 Å². The second-order valence-corrected chi connectivity index (χ2v) is 5.41. The third kappa shape index (κ3) is 2.93. The van der Waals surface area contributed by atoms with Gasteiger partial charge in [-0.2, -0.15) is 0 Å². The zero-order chi connectivity index (χ0) is 13.8. The summed E-state index contributed by atoms with van der Waals surface area (Å²) in [5.74, 6) is 1.75. The minimum absolute atomic E-state index is 0.846. The minimum Gasteiger partial charge on any atom is -0.441 e. The molecule has 3 rings (SSSR count). The maximum Gasteiger partial charge on any atom is 0.194 e. The lowest BCUT2D eigenvalue weighted by Gasteiger charge is -2.02. The van der Waals surface area contributed by atoms with Gasteiger partial charge in [0.05, 0.1) is 6.20 Å². The Balaban J connectivity index is 1.67. The normalized spacial score (nSPS) is 13.7. The van der Waals surface area contributed by atoms with Crippen LogP contribution in [0.2, 0.25) is 0 Å². The maximum atomic E-state index is 5.87. The van der Waals surface area contributed by atoms with Gasteiger partial charge in [0.2, 0.25) is 0 Å². The molecule has 3 nitrogen and oxygen atoms in total. The standard InChI is InChI=1S/C17H22N2O/c1-2-18-10-4-7-17-19-12-16(20-17)15-9-8-13-5-3-6-14(13)11-15/h8-9,11-12,18H,2-7,10H2,1H3.